The van der Waals surface area contributed by atoms with E-state index in [1.807, 2.05) is 11.8 Å². The normalized spacial score (nSPS) is 36.1. The number of hydrogen-bond acceptors (Lipinski definition) is 2. The summed E-state index contributed by atoms with van der Waals surface area (Å²) in [6.45, 7) is 5.77. The second-order valence-corrected chi connectivity index (χ2v) is 4.87. The maximum atomic E-state index is 4.51. The lowest BCUT2D eigenvalue weighted by Crippen LogP contribution is -2.18. The first-order valence-electron chi connectivity index (χ1n) is 4.46. The molecule has 11 heavy (non-hydrogen) atoms. The van der Waals surface area contributed by atoms with Crippen LogP contribution in [0.4, 0.5) is 0 Å². The van der Waals surface area contributed by atoms with Crippen molar-refractivity contribution in [2.75, 3.05) is 12.3 Å². The summed E-state index contributed by atoms with van der Waals surface area (Å²) < 4.78 is 0. The summed E-state index contributed by atoms with van der Waals surface area (Å²) in [6.07, 6.45) is 1.32. The maximum absolute atomic E-state index is 4.51. The lowest BCUT2D eigenvalue weighted by molar-refractivity contribution is 0.355. The van der Waals surface area contributed by atoms with Crippen LogP contribution in [-0.4, -0.2) is 17.3 Å². The molecule has 0 aromatic heterocycles. The van der Waals surface area contributed by atoms with Crippen LogP contribution >= 0.6 is 11.8 Å². The standard InChI is InChI=1S/C9H15NS/c1-6(2)8-5-11-9-7(8)3-4-10-9/h6-8H,3-5H2,1-2H3. The van der Waals surface area contributed by atoms with E-state index in [9.17, 15) is 0 Å². The first-order chi connectivity index (χ1) is 5.29. The minimum absolute atomic E-state index is 0.846. The Balaban J connectivity index is 2.11. The topological polar surface area (TPSA) is 12.4 Å². The Kier molecular flexibility index (Phi) is 1.96. The van der Waals surface area contributed by atoms with Crippen molar-refractivity contribution >= 4 is 16.8 Å². The minimum atomic E-state index is 0.846. The van der Waals surface area contributed by atoms with E-state index in [1.54, 1.807) is 0 Å². The van der Waals surface area contributed by atoms with Crippen LogP contribution in [0.25, 0.3) is 0 Å². The molecule has 1 nitrogen and oxygen atoms in total. The van der Waals surface area contributed by atoms with Crippen molar-refractivity contribution in [2.45, 2.75) is 20.3 Å². The molecule has 2 aliphatic heterocycles. The Labute approximate surface area is 72.7 Å². The smallest absolute Gasteiger partial charge is 0.0710 e. The molecule has 0 aliphatic carbocycles. The molecule has 1 saturated heterocycles. The summed E-state index contributed by atoms with van der Waals surface area (Å²) in [7, 11) is 0. The second-order valence-electron chi connectivity index (χ2n) is 3.83. The Morgan fingerprint density at radius 3 is 3.09 bits per heavy atom. The van der Waals surface area contributed by atoms with Crippen molar-refractivity contribution in [2.24, 2.45) is 22.7 Å². The molecule has 2 heteroatoms. The van der Waals surface area contributed by atoms with Crippen LogP contribution in [-0.2, 0) is 0 Å². The van der Waals surface area contributed by atoms with Crippen molar-refractivity contribution in [3.05, 3.63) is 0 Å². The van der Waals surface area contributed by atoms with E-state index >= 15 is 0 Å². The van der Waals surface area contributed by atoms with E-state index in [4.69, 9.17) is 0 Å². The molecule has 0 bridgehead atoms. The summed E-state index contributed by atoms with van der Waals surface area (Å²) in [4.78, 5) is 4.51. The molecule has 0 amide bonds. The maximum Gasteiger partial charge on any atom is 0.0710 e. The first kappa shape index (κ1) is 7.66. The minimum Gasteiger partial charge on any atom is -0.283 e. The molecule has 0 radical (unpaired) electrons. The average Bonchev–Trinajstić information content (AvgIpc) is 2.41. The molecule has 2 rings (SSSR count). The number of fused-ring (bicyclic) bond motifs is 1. The highest BCUT2D eigenvalue weighted by atomic mass is 32.2. The molecule has 2 heterocycles. The molecule has 0 saturated carbocycles. The average molecular weight is 169 g/mol. The van der Waals surface area contributed by atoms with Gasteiger partial charge < -0.3 is 0 Å². The van der Waals surface area contributed by atoms with Crippen LogP contribution < -0.4 is 0 Å². The Bertz CT molecular complexity index is 186. The predicted molar refractivity (Wildman–Crippen MR) is 51.2 cm³/mol. The van der Waals surface area contributed by atoms with Gasteiger partial charge in [0.15, 0.2) is 0 Å². The number of thioether (sulfide) groups is 1. The van der Waals surface area contributed by atoms with Crippen LogP contribution in [0, 0.1) is 17.8 Å². The van der Waals surface area contributed by atoms with Crippen LogP contribution in [0.5, 0.6) is 0 Å². The fourth-order valence-corrected chi connectivity index (χ4v) is 3.73. The van der Waals surface area contributed by atoms with E-state index < -0.39 is 0 Å². The molecule has 2 unspecified atom stereocenters. The number of aliphatic imine (C=N–C) groups is 1. The van der Waals surface area contributed by atoms with E-state index in [0.717, 1.165) is 24.3 Å². The van der Waals surface area contributed by atoms with Gasteiger partial charge >= 0.3 is 0 Å². The SMILES string of the molecule is CC(C)C1CSC2=NCCC21. The molecule has 62 valence electrons. The molecule has 0 N–H and O–H groups in total. The largest absolute Gasteiger partial charge is 0.283 e. The van der Waals surface area contributed by atoms with Crippen molar-refractivity contribution < 1.29 is 0 Å². The van der Waals surface area contributed by atoms with Gasteiger partial charge in [0.1, 0.15) is 0 Å². The quantitative estimate of drug-likeness (QED) is 0.587. The first-order valence-corrected chi connectivity index (χ1v) is 5.44. The van der Waals surface area contributed by atoms with Crippen LogP contribution in [0.15, 0.2) is 4.99 Å². The highest BCUT2D eigenvalue weighted by molar-refractivity contribution is 8.14. The lowest BCUT2D eigenvalue weighted by atomic mass is 9.85. The highest BCUT2D eigenvalue weighted by Crippen LogP contribution is 2.41. The molecule has 2 aliphatic rings. The zero-order valence-electron chi connectivity index (χ0n) is 7.21. The van der Waals surface area contributed by atoms with Gasteiger partial charge in [-0.2, -0.15) is 0 Å². The van der Waals surface area contributed by atoms with Crippen LogP contribution in [0.3, 0.4) is 0 Å². The zero-order chi connectivity index (χ0) is 7.84. The van der Waals surface area contributed by atoms with Gasteiger partial charge in [-0.3, -0.25) is 4.99 Å². The summed E-state index contributed by atoms with van der Waals surface area (Å²) in [5.41, 5.74) is 0. The van der Waals surface area contributed by atoms with E-state index in [1.165, 1.54) is 17.2 Å². The van der Waals surface area contributed by atoms with Crippen molar-refractivity contribution in [3.8, 4) is 0 Å². The third kappa shape index (κ3) is 1.22. The van der Waals surface area contributed by atoms with Gasteiger partial charge in [-0.15, -0.1) is 11.8 Å². The summed E-state index contributed by atoms with van der Waals surface area (Å²) >= 11 is 2.00. The van der Waals surface area contributed by atoms with Gasteiger partial charge in [-0.25, -0.2) is 0 Å². The highest BCUT2D eigenvalue weighted by Gasteiger charge is 2.37. The van der Waals surface area contributed by atoms with Gasteiger partial charge in [0, 0.05) is 18.2 Å². The van der Waals surface area contributed by atoms with Gasteiger partial charge in [0.25, 0.3) is 0 Å². The van der Waals surface area contributed by atoms with Gasteiger partial charge in [0.05, 0.1) is 5.04 Å². The molecule has 0 aromatic rings. The van der Waals surface area contributed by atoms with Crippen LogP contribution in [0.2, 0.25) is 0 Å². The fraction of sp³-hybridized carbons (Fsp3) is 0.889. The number of rotatable bonds is 1. The molecule has 1 fully saturated rings. The van der Waals surface area contributed by atoms with Crippen molar-refractivity contribution in [1.29, 1.82) is 0 Å². The summed E-state index contributed by atoms with van der Waals surface area (Å²) in [6, 6.07) is 0. The second kappa shape index (κ2) is 2.81. The zero-order valence-corrected chi connectivity index (χ0v) is 8.03. The third-order valence-corrected chi connectivity index (χ3v) is 4.10. The Morgan fingerprint density at radius 1 is 1.55 bits per heavy atom. The van der Waals surface area contributed by atoms with Gasteiger partial charge in [-0.05, 0) is 18.3 Å². The fourth-order valence-electron chi connectivity index (χ4n) is 2.06. The predicted octanol–water partition coefficient (Wildman–Crippen LogP) is 2.42. The Morgan fingerprint density at radius 2 is 2.36 bits per heavy atom. The molecule has 0 spiro atoms. The van der Waals surface area contributed by atoms with Crippen LogP contribution in [0.1, 0.15) is 20.3 Å². The van der Waals surface area contributed by atoms with Crippen molar-refractivity contribution in [3.63, 3.8) is 0 Å². The Hall–Kier alpha value is 0.0200. The lowest BCUT2D eigenvalue weighted by Gasteiger charge is -2.18. The number of nitrogens with zero attached hydrogens (tertiary/aromatic N) is 1. The van der Waals surface area contributed by atoms with E-state index in [-0.39, 0.29) is 0 Å². The van der Waals surface area contributed by atoms with Gasteiger partial charge in [0.2, 0.25) is 0 Å². The molecular weight excluding hydrogens is 154 g/mol. The summed E-state index contributed by atoms with van der Waals surface area (Å²) in [5, 5.41) is 1.46. The third-order valence-electron chi connectivity index (χ3n) is 2.82. The molecular formula is C9H15NS. The monoisotopic (exact) mass is 169 g/mol. The summed E-state index contributed by atoms with van der Waals surface area (Å²) in [5.74, 6) is 3.93. The van der Waals surface area contributed by atoms with Gasteiger partial charge in [-0.1, -0.05) is 13.8 Å². The van der Waals surface area contributed by atoms with E-state index in [2.05, 4.69) is 18.8 Å². The molecule has 2 atom stereocenters. The molecule has 0 aromatic carbocycles. The number of hydrogen-bond donors (Lipinski definition) is 0. The van der Waals surface area contributed by atoms with Crippen molar-refractivity contribution in [1.82, 2.24) is 0 Å². The van der Waals surface area contributed by atoms with E-state index in [0.29, 0.717) is 0 Å².